The van der Waals surface area contributed by atoms with E-state index in [1.54, 1.807) is 4.90 Å². The number of benzene rings is 1. The van der Waals surface area contributed by atoms with Crippen LogP contribution >= 0.6 is 0 Å². The van der Waals surface area contributed by atoms with Gasteiger partial charge in [-0.25, -0.2) is 8.42 Å². The third kappa shape index (κ3) is 3.84. The van der Waals surface area contributed by atoms with Crippen LogP contribution in [-0.2, 0) is 21.2 Å². The summed E-state index contributed by atoms with van der Waals surface area (Å²) >= 11 is 0. The predicted molar refractivity (Wildman–Crippen MR) is 101 cm³/mol. The number of carbonyl (C=O) groups excluding carboxylic acids is 1. The number of carbonyl (C=O) groups is 1. The van der Waals surface area contributed by atoms with Gasteiger partial charge in [0.05, 0.1) is 10.9 Å². The van der Waals surface area contributed by atoms with Gasteiger partial charge in [0, 0.05) is 17.6 Å². The number of sulfonamides is 1. The van der Waals surface area contributed by atoms with Gasteiger partial charge in [0.25, 0.3) is 0 Å². The quantitative estimate of drug-likeness (QED) is 0.889. The van der Waals surface area contributed by atoms with E-state index in [1.807, 2.05) is 39.0 Å². The molecule has 1 N–H and O–H groups in total. The summed E-state index contributed by atoms with van der Waals surface area (Å²) in [5, 5.41) is -0.304. The normalized spacial score (nSPS) is 18.9. The van der Waals surface area contributed by atoms with Crippen LogP contribution in [0.25, 0.3) is 0 Å². The number of rotatable bonds is 3. The van der Waals surface area contributed by atoms with Crippen molar-refractivity contribution in [2.24, 2.45) is 5.41 Å². The lowest BCUT2D eigenvalue weighted by Gasteiger charge is -2.27. The van der Waals surface area contributed by atoms with Crippen LogP contribution in [-0.4, -0.2) is 26.1 Å². The molecule has 0 radical (unpaired) electrons. The van der Waals surface area contributed by atoms with Gasteiger partial charge < -0.3 is 4.90 Å². The Labute approximate surface area is 150 Å². The van der Waals surface area contributed by atoms with Crippen molar-refractivity contribution in [2.75, 3.05) is 16.2 Å². The lowest BCUT2D eigenvalue weighted by Crippen LogP contribution is -2.38. The molecule has 0 spiro atoms. The minimum absolute atomic E-state index is 0.0681. The van der Waals surface area contributed by atoms with Crippen molar-refractivity contribution < 1.29 is 13.2 Å². The van der Waals surface area contributed by atoms with Crippen LogP contribution in [0, 0.1) is 5.41 Å². The summed E-state index contributed by atoms with van der Waals surface area (Å²) in [6.07, 6.45) is 5.35. The van der Waals surface area contributed by atoms with Gasteiger partial charge in [-0.2, -0.15) is 0 Å². The minimum Gasteiger partial charge on any atom is -0.311 e. The number of amides is 1. The van der Waals surface area contributed by atoms with Crippen molar-refractivity contribution in [1.29, 1.82) is 0 Å². The smallest absolute Gasteiger partial charge is 0.235 e. The molecular weight excluding hydrogens is 336 g/mol. The fraction of sp³-hybridized carbons (Fsp3) is 0.632. The third-order valence-electron chi connectivity index (χ3n) is 5.12. The molecule has 2 aliphatic rings. The fourth-order valence-corrected chi connectivity index (χ4v) is 5.26. The first kappa shape index (κ1) is 18.2. The summed E-state index contributed by atoms with van der Waals surface area (Å²) in [7, 11) is -3.37. The van der Waals surface area contributed by atoms with Gasteiger partial charge in [-0.15, -0.1) is 0 Å². The maximum Gasteiger partial charge on any atom is 0.235 e. The van der Waals surface area contributed by atoms with E-state index in [0.717, 1.165) is 49.8 Å². The van der Waals surface area contributed by atoms with Crippen LogP contribution in [0.5, 0.6) is 0 Å². The van der Waals surface area contributed by atoms with Crippen LogP contribution in [0.4, 0.5) is 11.4 Å². The molecule has 1 aromatic rings. The Kier molecular flexibility index (Phi) is 4.84. The number of nitrogens with one attached hydrogen (secondary N) is 1. The molecule has 6 heteroatoms. The first-order valence-corrected chi connectivity index (χ1v) is 10.7. The van der Waals surface area contributed by atoms with Crippen molar-refractivity contribution in [1.82, 2.24) is 0 Å². The van der Waals surface area contributed by atoms with E-state index in [2.05, 4.69) is 4.72 Å². The van der Waals surface area contributed by atoms with E-state index in [9.17, 15) is 13.2 Å². The highest BCUT2D eigenvalue weighted by molar-refractivity contribution is 7.93. The molecule has 25 heavy (non-hydrogen) atoms. The van der Waals surface area contributed by atoms with Crippen LogP contribution in [0.3, 0.4) is 0 Å². The summed E-state index contributed by atoms with van der Waals surface area (Å²) in [5.41, 5.74) is 2.03. The predicted octanol–water partition coefficient (Wildman–Crippen LogP) is 3.70. The Balaban J connectivity index is 1.82. The standard InChI is InChI=1S/C19H28N2O3S/c1-19(2,3)18(22)21-12-11-14-9-10-15(13-17(14)21)20-25(23,24)16-7-5-4-6-8-16/h9-10,13,16,20H,4-8,11-12H2,1-3H3. The molecule has 1 aliphatic carbocycles. The van der Waals surface area contributed by atoms with E-state index >= 15 is 0 Å². The van der Waals surface area contributed by atoms with E-state index in [-0.39, 0.29) is 11.2 Å². The van der Waals surface area contributed by atoms with E-state index in [1.165, 1.54) is 0 Å². The Morgan fingerprint density at radius 2 is 1.84 bits per heavy atom. The molecule has 0 bridgehead atoms. The van der Waals surface area contributed by atoms with Gasteiger partial charge in [-0.05, 0) is 37.0 Å². The van der Waals surface area contributed by atoms with Crippen molar-refractivity contribution in [3.8, 4) is 0 Å². The summed E-state index contributed by atoms with van der Waals surface area (Å²) in [6.45, 7) is 6.37. The maximum atomic E-state index is 12.7. The minimum atomic E-state index is -3.37. The van der Waals surface area contributed by atoms with Crippen molar-refractivity contribution in [3.63, 3.8) is 0 Å². The first-order chi connectivity index (χ1) is 11.7. The van der Waals surface area contributed by atoms with Crippen LogP contribution in [0.1, 0.15) is 58.4 Å². The zero-order valence-electron chi connectivity index (χ0n) is 15.3. The van der Waals surface area contributed by atoms with Crippen molar-refractivity contribution in [2.45, 2.75) is 64.5 Å². The molecule has 1 aromatic carbocycles. The Morgan fingerprint density at radius 1 is 1.16 bits per heavy atom. The summed E-state index contributed by atoms with van der Waals surface area (Å²) in [4.78, 5) is 14.4. The second-order valence-electron chi connectivity index (χ2n) is 8.21. The van der Waals surface area contributed by atoms with E-state index in [4.69, 9.17) is 0 Å². The number of nitrogens with zero attached hydrogens (tertiary/aromatic N) is 1. The fourth-order valence-electron chi connectivity index (χ4n) is 3.68. The van der Waals surface area contributed by atoms with Crippen LogP contribution in [0.2, 0.25) is 0 Å². The van der Waals surface area contributed by atoms with Gasteiger partial charge in [-0.1, -0.05) is 46.1 Å². The molecule has 3 rings (SSSR count). The van der Waals surface area contributed by atoms with E-state index in [0.29, 0.717) is 12.2 Å². The van der Waals surface area contributed by atoms with Gasteiger partial charge >= 0.3 is 0 Å². The molecule has 138 valence electrons. The molecule has 1 saturated carbocycles. The molecule has 1 aliphatic heterocycles. The molecule has 0 saturated heterocycles. The Hall–Kier alpha value is -1.56. The second-order valence-corrected chi connectivity index (χ2v) is 10.2. The molecular formula is C19H28N2O3S. The molecule has 5 nitrogen and oxygen atoms in total. The van der Waals surface area contributed by atoms with Gasteiger partial charge in [0.15, 0.2) is 0 Å². The second kappa shape index (κ2) is 6.63. The first-order valence-electron chi connectivity index (χ1n) is 9.15. The van der Waals surface area contributed by atoms with Crippen molar-refractivity contribution in [3.05, 3.63) is 23.8 Å². The number of hydrogen-bond donors (Lipinski definition) is 1. The highest BCUT2D eigenvalue weighted by Gasteiger charge is 2.33. The number of anilines is 2. The molecule has 0 atom stereocenters. The molecule has 1 heterocycles. The monoisotopic (exact) mass is 364 g/mol. The third-order valence-corrected chi connectivity index (χ3v) is 6.99. The average molecular weight is 365 g/mol. The summed E-state index contributed by atoms with van der Waals surface area (Å²) in [6, 6.07) is 5.56. The average Bonchev–Trinajstić information content (AvgIpc) is 2.96. The summed E-state index contributed by atoms with van der Waals surface area (Å²) in [5.74, 6) is 0.0681. The lowest BCUT2D eigenvalue weighted by molar-refractivity contribution is -0.125. The topological polar surface area (TPSA) is 66.5 Å². The molecule has 1 amide bonds. The van der Waals surface area contributed by atoms with Gasteiger partial charge in [-0.3, -0.25) is 9.52 Å². The largest absolute Gasteiger partial charge is 0.311 e. The van der Waals surface area contributed by atoms with Gasteiger partial charge in [0.2, 0.25) is 15.9 Å². The molecule has 1 fully saturated rings. The molecule has 0 unspecified atom stereocenters. The highest BCUT2D eigenvalue weighted by Crippen LogP contribution is 2.35. The van der Waals surface area contributed by atoms with E-state index < -0.39 is 15.4 Å². The molecule has 0 aromatic heterocycles. The summed E-state index contributed by atoms with van der Waals surface area (Å²) < 4.78 is 28.0. The highest BCUT2D eigenvalue weighted by atomic mass is 32.2. The zero-order chi connectivity index (χ0) is 18.2. The van der Waals surface area contributed by atoms with Gasteiger partial charge in [0.1, 0.15) is 0 Å². The van der Waals surface area contributed by atoms with Crippen LogP contribution < -0.4 is 9.62 Å². The Bertz CT molecular complexity index is 759. The number of fused-ring (bicyclic) bond motifs is 1. The lowest BCUT2D eigenvalue weighted by atomic mass is 9.94. The number of hydrogen-bond acceptors (Lipinski definition) is 3. The zero-order valence-corrected chi connectivity index (χ0v) is 16.2. The maximum absolute atomic E-state index is 12.7. The Morgan fingerprint density at radius 3 is 2.48 bits per heavy atom. The van der Waals surface area contributed by atoms with Crippen molar-refractivity contribution >= 4 is 27.3 Å². The van der Waals surface area contributed by atoms with Crippen LogP contribution in [0.15, 0.2) is 18.2 Å². The SMILES string of the molecule is CC(C)(C)C(=O)N1CCc2ccc(NS(=O)(=O)C3CCCCC3)cc21.